The van der Waals surface area contributed by atoms with E-state index in [4.69, 9.17) is 23.2 Å². The van der Waals surface area contributed by atoms with Gasteiger partial charge in [-0.1, -0.05) is 84.4 Å². The molecule has 0 spiro atoms. The second kappa shape index (κ2) is 13.7. The smallest absolute Gasteiger partial charge is 0.264 e. The van der Waals surface area contributed by atoms with Crippen molar-refractivity contribution in [3.63, 3.8) is 0 Å². The maximum absolute atomic E-state index is 14.1. The van der Waals surface area contributed by atoms with Crippen molar-refractivity contribution in [2.45, 2.75) is 69.5 Å². The maximum atomic E-state index is 14.1. The lowest BCUT2D eigenvalue weighted by Crippen LogP contribution is -2.53. The zero-order chi connectivity index (χ0) is 29.6. The van der Waals surface area contributed by atoms with Gasteiger partial charge in [-0.25, -0.2) is 8.42 Å². The number of benzene rings is 3. The lowest BCUT2D eigenvalue weighted by atomic mass is 9.95. The highest BCUT2D eigenvalue weighted by molar-refractivity contribution is 7.92. The second-order valence-corrected chi connectivity index (χ2v) is 13.1. The maximum Gasteiger partial charge on any atom is 0.264 e. The van der Waals surface area contributed by atoms with Crippen molar-refractivity contribution in [1.29, 1.82) is 0 Å². The first kappa shape index (κ1) is 30.9. The largest absolute Gasteiger partial charge is 0.352 e. The first-order valence-electron chi connectivity index (χ1n) is 13.7. The lowest BCUT2D eigenvalue weighted by molar-refractivity contribution is -0.139. The van der Waals surface area contributed by atoms with Crippen molar-refractivity contribution in [3.05, 3.63) is 94.0 Å². The molecular formula is C31H35Cl2N3O4S. The minimum Gasteiger partial charge on any atom is -0.352 e. The van der Waals surface area contributed by atoms with Crippen molar-refractivity contribution < 1.29 is 18.0 Å². The van der Waals surface area contributed by atoms with Crippen LogP contribution in [0.5, 0.6) is 0 Å². The Morgan fingerprint density at radius 2 is 1.51 bits per heavy atom. The highest BCUT2D eigenvalue weighted by Gasteiger charge is 2.33. The van der Waals surface area contributed by atoms with Crippen molar-refractivity contribution in [2.75, 3.05) is 10.8 Å². The number of carbonyl (C=O) groups excluding carboxylic acids is 2. The van der Waals surface area contributed by atoms with E-state index in [2.05, 4.69) is 5.32 Å². The summed E-state index contributed by atoms with van der Waals surface area (Å²) >= 11 is 12.9. The quantitative estimate of drug-likeness (QED) is 0.287. The molecule has 0 radical (unpaired) electrons. The van der Waals surface area contributed by atoms with E-state index in [1.165, 1.54) is 17.0 Å². The molecule has 41 heavy (non-hydrogen) atoms. The van der Waals surface area contributed by atoms with Gasteiger partial charge in [0.1, 0.15) is 12.6 Å². The van der Waals surface area contributed by atoms with Gasteiger partial charge in [0.2, 0.25) is 11.8 Å². The lowest BCUT2D eigenvalue weighted by Gasteiger charge is -2.33. The molecular weight excluding hydrogens is 581 g/mol. The number of carbonyl (C=O) groups is 2. The second-order valence-electron chi connectivity index (χ2n) is 10.4. The Bertz CT molecular complexity index is 1440. The van der Waals surface area contributed by atoms with Crippen molar-refractivity contribution in [3.8, 4) is 0 Å². The molecule has 1 saturated carbocycles. The molecule has 0 aromatic heterocycles. The molecule has 1 fully saturated rings. The van der Waals surface area contributed by atoms with E-state index in [1.54, 1.807) is 67.6 Å². The van der Waals surface area contributed by atoms with E-state index in [1.807, 2.05) is 6.92 Å². The average Bonchev–Trinajstić information content (AvgIpc) is 2.97. The van der Waals surface area contributed by atoms with Crippen LogP contribution in [-0.4, -0.2) is 43.8 Å². The van der Waals surface area contributed by atoms with E-state index < -0.39 is 28.5 Å². The van der Waals surface area contributed by atoms with Crippen LogP contribution in [0.25, 0.3) is 0 Å². The van der Waals surface area contributed by atoms with Crippen LogP contribution in [-0.2, 0) is 26.2 Å². The number of halogens is 2. The molecule has 1 aliphatic carbocycles. The van der Waals surface area contributed by atoms with Crippen molar-refractivity contribution in [1.82, 2.24) is 10.2 Å². The van der Waals surface area contributed by atoms with Gasteiger partial charge >= 0.3 is 0 Å². The Hall–Kier alpha value is -3.07. The summed E-state index contributed by atoms with van der Waals surface area (Å²) in [5.74, 6) is -0.867. The molecule has 3 aromatic rings. The van der Waals surface area contributed by atoms with Crippen LogP contribution >= 0.6 is 23.2 Å². The summed E-state index contributed by atoms with van der Waals surface area (Å²) in [4.78, 5) is 28.9. The zero-order valence-corrected chi connectivity index (χ0v) is 25.6. The molecule has 1 N–H and O–H groups in total. The number of amides is 2. The minimum absolute atomic E-state index is 0.0436. The summed E-state index contributed by atoms with van der Waals surface area (Å²) in [6.45, 7) is 2.95. The molecule has 7 nitrogen and oxygen atoms in total. The van der Waals surface area contributed by atoms with Gasteiger partial charge in [-0.15, -0.1) is 0 Å². The van der Waals surface area contributed by atoms with Gasteiger partial charge in [0, 0.05) is 28.2 Å². The Balaban J connectivity index is 1.69. The number of anilines is 1. The van der Waals surface area contributed by atoms with Crippen LogP contribution < -0.4 is 9.62 Å². The summed E-state index contributed by atoms with van der Waals surface area (Å²) in [6.07, 6.45) is 5.00. The zero-order valence-electron chi connectivity index (χ0n) is 23.2. The van der Waals surface area contributed by atoms with Crippen molar-refractivity contribution >= 4 is 50.7 Å². The van der Waals surface area contributed by atoms with Gasteiger partial charge in [0.15, 0.2) is 0 Å². The number of hydrogen-bond acceptors (Lipinski definition) is 4. The monoisotopic (exact) mass is 615 g/mol. The first-order chi connectivity index (χ1) is 19.6. The van der Waals surface area contributed by atoms with Gasteiger partial charge in [-0.2, -0.15) is 0 Å². The summed E-state index contributed by atoms with van der Waals surface area (Å²) in [6, 6.07) is 19.0. The molecule has 0 aliphatic heterocycles. The molecule has 2 amide bonds. The van der Waals surface area contributed by atoms with Gasteiger partial charge in [-0.3, -0.25) is 13.9 Å². The van der Waals surface area contributed by atoms with Crippen LogP contribution in [0.15, 0.2) is 77.7 Å². The predicted molar refractivity (Wildman–Crippen MR) is 164 cm³/mol. The molecule has 0 unspecified atom stereocenters. The van der Waals surface area contributed by atoms with E-state index in [0.717, 1.165) is 42.0 Å². The van der Waals surface area contributed by atoms with Gasteiger partial charge in [-0.05, 0) is 63.1 Å². The number of aryl methyl sites for hydroxylation is 1. The van der Waals surface area contributed by atoms with Crippen LogP contribution in [0, 0.1) is 6.92 Å². The fourth-order valence-corrected chi connectivity index (χ4v) is 6.92. The van der Waals surface area contributed by atoms with Crippen LogP contribution in [0.3, 0.4) is 0 Å². The van der Waals surface area contributed by atoms with Crippen molar-refractivity contribution in [2.24, 2.45) is 0 Å². The summed E-state index contributed by atoms with van der Waals surface area (Å²) < 4.78 is 28.8. The number of nitrogens with zero attached hydrogens (tertiary/aromatic N) is 2. The normalized spacial score (nSPS) is 14.7. The SMILES string of the molecule is Cc1ccc(N(CC(=O)N(Cc2c(Cl)cccc2Cl)[C@H](C)C(=O)NC2CCCCC2)S(=O)(=O)c2ccccc2)cc1. The Kier molecular flexibility index (Phi) is 10.3. The van der Waals surface area contributed by atoms with E-state index in [9.17, 15) is 18.0 Å². The van der Waals surface area contributed by atoms with Gasteiger partial charge in [0.25, 0.3) is 10.0 Å². The summed E-state index contributed by atoms with van der Waals surface area (Å²) in [5.41, 5.74) is 1.76. The number of nitrogens with one attached hydrogen (secondary N) is 1. The minimum atomic E-state index is -4.12. The van der Waals surface area contributed by atoms with Crippen LogP contribution in [0.4, 0.5) is 5.69 Å². The molecule has 0 saturated heterocycles. The van der Waals surface area contributed by atoms with E-state index >= 15 is 0 Å². The van der Waals surface area contributed by atoms with Gasteiger partial charge < -0.3 is 10.2 Å². The van der Waals surface area contributed by atoms with Crippen LogP contribution in [0.2, 0.25) is 10.0 Å². The molecule has 10 heteroatoms. The molecule has 1 aliphatic rings. The highest BCUT2D eigenvalue weighted by atomic mass is 35.5. The Morgan fingerprint density at radius 1 is 0.902 bits per heavy atom. The average molecular weight is 617 g/mol. The third-order valence-electron chi connectivity index (χ3n) is 7.44. The summed E-state index contributed by atoms with van der Waals surface area (Å²) in [7, 11) is -4.12. The molecule has 0 bridgehead atoms. The topological polar surface area (TPSA) is 86.8 Å². The molecule has 3 aromatic carbocycles. The van der Waals surface area contributed by atoms with Gasteiger partial charge in [0.05, 0.1) is 10.6 Å². The third kappa shape index (κ3) is 7.61. The Labute approximate surface area is 252 Å². The molecule has 218 valence electrons. The molecule has 0 heterocycles. The first-order valence-corrected chi connectivity index (χ1v) is 15.9. The number of sulfonamides is 1. The fourth-order valence-electron chi connectivity index (χ4n) is 4.96. The standard InChI is InChI=1S/C31H35Cl2N3O4S/c1-22-16-18-25(19-17-22)36(41(39,40)26-12-7-4-8-13-26)21-30(37)35(20-27-28(32)14-9-15-29(27)33)23(2)31(38)34-24-10-5-3-6-11-24/h4,7-9,12-19,23-24H,3,5-6,10-11,20-21H2,1-2H3,(H,34,38)/t23-/m1/s1. The fraction of sp³-hybridized carbons (Fsp3) is 0.355. The van der Waals surface area contributed by atoms with E-state index in [0.29, 0.717) is 21.3 Å². The Morgan fingerprint density at radius 3 is 2.12 bits per heavy atom. The third-order valence-corrected chi connectivity index (χ3v) is 9.94. The highest BCUT2D eigenvalue weighted by Crippen LogP contribution is 2.28. The molecule has 4 rings (SSSR count). The number of hydrogen-bond donors (Lipinski definition) is 1. The predicted octanol–water partition coefficient (Wildman–Crippen LogP) is 6.36. The summed E-state index contributed by atoms with van der Waals surface area (Å²) in [5, 5.41) is 3.78. The number of rotatable bonds is 10. The van der Waals surface area contributed by atoms with Crippen LogP contribution in [0.1, 0.15) is 50.2 Å². The molecule has 1 atom stereocenters. The van der Waals surface area contributed by atoms with E-state index in [-0.39, 0.29) is 23.4 Å².